The quantitative estimate of drug-likeness (QED) is 0.400. The number of nitrogens with zero attached hydrogens (tertiary/aromatic N) is 7. The highest BCUT2D eigenvalue weighted by Crippen LogP contribution is 2.47. The van der Waals surface area contributed by atoms with Crippen LogP contribution in [0.25, 0.3) is 0 Å². The molecule has 2 heterocycles. The summed E-state index contributed by atoms with van der Waals surface area (Å²) in [5, 5.41) is 28.5. The molecule has 1 aromatic heterocycles. The Morgan fingerprint density at radius 2 is 1.64 bits per heavy atom. The predicted molar refractivity (Wildman–Crippen MR) is 163 cm³/mol. The summed E-state index contributed by atoms with van der Waals surface area (Å²) in [7, 11) is 6.91. The molecule has 44 heavy (non-hydrogen) atoms. The van der Waals surface area contributed by atoms with Crippen LogP contribution in [0.5, 0.6) is 0 Å². The first-order valence-corrected chi connectivity index (χ1v) is 14.9. The van der Waals surface area contributed by atoms with Crippen molar-refractivity contribution in [3.63, 3.8) is 0 Å². The van der Waals surface area contributed by atoms with Crippen LogP contribution in [0.15, 0.2) is 36.4 Å². The fourth-order valence-electron chi connectivity index (χ4n) is 6.62. The first-order valence-electron chi connectivity index (χ1n) is 14.9. The van der Waals surface area contributed by atoms with Crippen molar-refractivity contribution in [2.24, 2.45) is 0 Å². The number of amides is 3. The second-order valence-electron chi connectivity index (χ2n) is 12.1. The Morgan fingerprint density at radius 3 is 2.14 bits per heavy atom. The number of benzene rings is 2. The summed E-state index contributed by atoms with van der Waals surface area (Å²) in [6.45, 7) is 2.69. The molecule has 2 aromatic carbocycles. The standard InChI is InChI=1S/C32H39N9O3/c1-20(34-19-28(42)41-14-6-7-25(41)18-33)17-32(31-35-37-38-36-31)26-12-10-23(29(43)39(2)3)15-21(26)8-9-22-16-24(11-13-27(22)32)30(44)40(4)5/h10-13,15-16,20,25,34H,6-9,14,17,19H2,1-5H3,(H,35,36,37,38)/t20-,25+/m1/s1. The molecule has 3 aromatic rings. The van der Waals surface area contributed by atoms with Gasteiger partial charge < -0.3 is 20.0 Å². The number of tetrazole rings is 1. The van der Waals surface area contributed by atoms with Gasteiger partial charge >= 0.3 is 0 Å². The fraction of sp³-hybridized carbons (Fsp3) is 0.469. The summed E-state index contributed by atoms with van der Waals surface area (Å²) in [4.78, 5) is 43.8. The number of hydrogen-bond acceptors (Lipinski definition) is 8. The van der Waals surface area contributed by atoms with E-state index in [4.69, 9.17) is 0 Å². The molecule has 230 valence electrons. The Hall–Kier alpha value is -4.63. The summed E-state index contributed by atoms with van der Waals surface area (Å²) >= 11 is 0. The lowest BCUT2D eigenvalue weighted by Crippen LogP contribution is -2.45. The molecule has 3 amide bonds. The molecule has 0 bridgehead atoms. The number of H-pyrrole nitrogens is 1. The first kappa shape index (κ1) is 30.8. The minimum Gasteiger partial charge on any atom is -0.345 e. The molecule has 1 aliphatic heterocycles. The smallest absolute Gasteiger partial charge is 0.253 e. The molecule has 12 heteroatoms. The van der Waals surface area contributed by atoms with Gasteiger partial charge in [-0.25, -0.2) is 0 Å². The van der Waals surface area contributed by atoms with Gasteiger partial charge in [-0.2, -0.15) is 10.5 Å². The molecule has 5 rings (SSSR count). The average Bonchev–Trinajstić information content (AvgIpc) is 3.71. The number of likely N-dealkylation sites (tertiary alicyclic amines) is 1. The van der Waals surface area contributed by atoms with Crippen molar-refractivity contribution in [3.8, 4) is 6.07 Å². The van der Waals surface area contributed by atoms with Gasteiger partial charge in [-0.3, -0.25) is 14.4 Å². The number of aromatic amines is 1. The van der Waals surface area contributed by atoms with Gasteiger partial charge in [-0.15, -0.1) is 10.2 Å². The van der Waals surface area contributed by atoms with Gasteiger partial charge in [0.2, 0.25) is 5.91 Å². The zero-order valence-corrected chi connectivity index (χ0v) is 25.9. The Labute approximate surface area is 257 Å². The van der Waals surface area contributed by atoms with Gasteiger partial charge in [0.15, 0.2) is 5.82 Å². The summed E-state index contributed by atoms with van der Waals surface area (Å²) in [6, 6.07) is 13.2. The molecule has 0 unspecified atom stereocenters. The second-order valence-corrected chi connectivity index (χ2v) is 12.1. The van der Waals surface area contributed by atoms with E-state index in [0.29, 0.717) is 49.2 Å². The lowest BCUT2D eigenvalue weighted by atomic mass is 9.67. The summed E-state index contributed by atoms with van der Waals surface area (Å²) < 4.78 is 0. The molecule has 1 aliphatic carbocycles. The minimum atomic E-state index is -0.911. The van der Waals surface area contributed by atoms with E-state index in [1.165, 1.54) is 0 Å². The van der Waals surface area contributed by atoms with Gasteiger partial charge in [0.05, 0.1) is 18.0 Å². The Kier molecular flexibility index (Phi) is 8.78. The van der Waals surface area contributed by atoms with Gasteiger partial charge in [-0.05, 0) is 85.5 Å². The molecule has 0 spiro atoms. The van der Waals surface area contributed by atoms with E-state index in [2.05, 4.69) is 32.0 Å². The third-order valence-electron chi connectivity index (χ3n) is 8.76. The van der Waals surface area contributed by atoms with Crippen molar-refractivity contribution in [2.45, 2.75) is 56.5 Å². The number of aryl methyl sites for hydroxylation is 2. The number of hydrogen-bond donors (Lipinski definition) is 2. The highest BCUT2D eigenvalue weighted by atomic mass is 16.2. The SMILES string of the molecule is C[C@H](CC1(c2nn[nH]n2)c2ccc(C(=O)N(C)C)cc2CCc2cc(C(=O)N(C)C)ccc21)NCC(=O)N1CCC[C@H]1C#N. The zero-order valence-electron chi connectivity index (χ0n) is 25.9. The highest BCUT2D eigenvalue weighted by molar-refractivity contribution is 5.95. The Bertz CT molecular complexity index is 1520. The second kappa shape index (κ2) is 12.5. The maximum Gasteiger partial charge on any atom is 0.253 e. The number of fused-ring (bicyclic) bond motifs is 2. The van der Waals surface area contributed by atoms with Crippen molar-refractivity contribution in [1.82, 2.24) is 40.6 Å². The number of aromatic nitrogens is 4. The molecule has 0 radical (unpaired) electrons. The van der Waals surface area contributed by atoms with Crippen molar-refractivity contribution in [2.75, 3.05) is 41.3 Å². The highest BCUT2D eigenvalue weighted by Gasteiger charge is 2.46. The molecule has 1 fully saturated rings. The van der Waals surface area contributed by atoms with Crippen LogP contribution < -0.4 is 5.32 Å². The first-order chi connectivity index (χ1) is 21.1. The van der Waals surface area contributed by atoms with Gasteiger partial charge in [0.25, 0.3) is 11.8 Å². The maximum absolute atomic E-state index is 13.1. The van der Waals surface area contributed by atoms with E-state index in [1.54, 1.807) is 42.9 Å². The van der Waals surface area contributed by atoms with E-state index < -0.39 is 5.41 Å². The van der Waals surface area contributed by atoms with E-state index in [-0.39, 0.29) is 36.3 Å². The number of nitriles is 1. The van der Waals surface area contributed by atoms with Gasteiger partial charge in [-0.1, -0.05) is 17.3 Å². The zero-order chi connectivity index (χ0) is 31.6. The van der Waals surface area contributed by atoms with Gasteiger partial charge in [0.1, 0.15) is 6.04 Å². The van der Waals surface area contributed by atoms with Crippen LogP contribution in [-0.4, -0.2) is 106 Å². The number of carbonyl (C=O) groups is 3. The normalized spacial score (nSPS) is 17.5. The van der Waals surface area contributed by atoms with E-state index >= 15 is 0 Å². The van der Waals surface area contributed by atoms with Crippen LogP contribution in [0.4, 0.5) is 0 Å². The topological polar surface area (TPSA) is 151 Å². The Balaban J connectivity index is 1.60. The summed E-state index contributed by atoms with van der Waals surface area (Å²) in [6.07, 6.45) is 3.26. The number of rotatable bonds is 8. The summed E-state index contributed by atoms with van der Waals surface area (Å²) in [5.41, 5.74) is 4.12. The number of nitrogens with one attached hydrogen (secondary N) is 2. The molecular weight excluding hydrogens is 558 g/mol. The molecule has 1 saturated heterocycles. The lowest BCUT2D eigenvalue weighted by molar-refractivity contribution is -0.130. The molecule has 2 N–H and O–H groups in total. The molecule has 2 atom stereocenters. The van der Waals surface area contributed by atoms with Crippen LogP contribution in [0.1, 0.15) is 75.0 Å². The van der Waals surface area contributed by atoms with E-state index in [0.717, 1.165) is 28.7 Å². The van der Waals surface area contributed by atoms with Crippen molar-refractivity contribution in [3.05, 3.63) is 75.6 Å². The third kappa shape index (κ3) is 5.67. The van der Waals surface area contributed by atoms with Crippen molar-refractivity contribution >= 4 is 17.7 Å². The molecular formula is C32H39N9O3. The lowest BCUT2D eigenvalue weighted by Gasteiger charge is -2.36. The largest absolute Gasteiger partial charge is 0.345 e. The molecule has 0 saturated carbocycles. The number of carbonyl (C=O) groups excluding carboxylic acids is 3. The van der Waals surface area contributed by atoms with Crippen LogP contribution >= 0.6 is 0 Å². The van der Waals surface area contributed by atoms with Gasteiger partial charge in [0, 0.05) is 51.9 Å². The molecule has 12 nitrogen and oxygen atoms in total. The van der Waals surface area contributed by atoms with E-state index in [9.17, 15) is 19.6 Å². The van der Waals surface area contributed by atoms with Crippen molar-refractivity contribution < 1.29 is 14.4 Å². The van der Waals surface area contributed by atoms with E-state index in [1.807, 2.05) is 43.3 Å². The van der Waals surface area contributed by atoms with Crippen LogP contribution in [0.2, 0.25) is 0 Å². The van der Waals surface area contributed by atoms with Crippen molar-refractivity contribution in [1.29, 1.82) is 5.26 Å². The predicted octanol–water partition coefficient (Wildman–Crippen LogP) is 1.92. The monoisotopic (exact) mass is 597 g/mol. The fourth-order valence-corrected chi connectivity index (χ4v) is 6.62. The van der Waals surface area contributed by atoms with Crippen LogP contribution in [-0.2, 0) is 23.1 Å². The summed E-state index contributed by atoms with van der Waals surface area (Å²) in [5.74, 6) is 0.175. The molecule has 2 aliphatic rings. The Morgan fingerprint density at radius 1 is 1.05 bits per heavy atom. The van der Waals surface area contributed by atoms with Crippen LogP contribution in [0.3, 0.4) is 0 Å². The average molecular weight is 598 g/mol. The minimum absolute atomic E-state index is 0.0912. The maximum atomic E-state index is 13.1. The van der Waals surface area contributed by atoms with Crippen LogP contribution in [0, 0.1) is 11.3 Å². The third-order valence-corrected chi connectivity index (χ3v) is 8.76.